The van der Waals surface area contributed by atoms with Crippen LogP contribution in [0.3, 0.4) is 0 Å². The number of rotatable bonds is 10. The predicted octanol–water partition coefficient (Wildman–Crippen LogP) is 5.40. The Morgan fingerprint density at radius 3 is 2.48 bits per heavy atom. The number of carbonyl (C=O) groups is 2. The third-order valence-electron chi connectivity index (χ3n) is 5.39. The van der Waals surface area contributed by atoms with E-state index >= 15 is 0 Å². The quantitative estimate of drug-likeness (QED) is 0.179. The Labute approximate surface area is 192 Å². The van der Waals surface area contributed by atoms with E-state index in [-0.39, 0.29) is 30.5 Å². The number of benzene rings is 3. The number of methoxy groups -OCH3 is 1. The van der Waals surface area contributed by atoms with E-state index in [2.05, 4.69) is 0 Å². The largest absolute Gasteiger partial charge is 0.489 e. The van der Waals surface area contributed by atoms with Gasteiger partial charge in [-0.1, -0.05) is 48.5 Å². The number of aryl methyl sites for hydroxylation is 1. The lowest BCUT2D eigenvalue weighted by Crippen LogP contribution is -2.16. The van der Waals surface area contributed by atoms with E-state index in [1.54, 1.807) is 36.4 Å². The summed E-state index contributed by atoms with van der Waals surface area (Å²) in [6.07, 6.45) is 0.458. The van der Waals surface area contributed by atoms with Gasteiger partial charge < -0.3 is 9.47 Å². The zero-order chi connectivity index (χ0) is 23.8. The minimum absolute atomic E-state index is 0.00768. The smallest absolute Gasteiger partial charge is 0.305 e. The molecular weight excluding hydrogens is 422 g/mol. The van der Waals surface area contributed by atoms with Crippen LogP contribution in [-0.2, 0) is 16.1 Å². The Morgan fingerprint density at radius 2 is 1.76 bits per heavy atom. The number of esters is 1. The fourth-order valence-electron chi connectivity index (χ4n) is 3.64. The van der Waals surface area contributed by atoms with Crippen LogP contribution < -0.4 is 4.74 Å². The average molecular weight is 447 g/mol. The van der Waals surface area contributed by atoms with Crippen molar-refractivity contribution in [3.8, 4) is 5.75 Å². The van der Waals surface area contributed by atoms with Gasteiger partial charge in [-0.3, -0.25) is 19.7 Å². The van der Waals surface area contributed by atoms with Gasteiger partial charge in [0, 0.05) is 30.0 Å². The van der Waals surface area contributed by atoms with Gasteiger partial charge >= 0.3 is 5.97 Å². The van der Waals surface area contributed by atoms with E-state index in [0.717, 1.165) is 11.1 Å². The molecule has 3 rings (SSSR count). The number of nitro groups is 1. The first-order valence-electron chi connectivity index (χ1n) is 10.5. The Bertz CT molecular complexity index is 1160. The summed E-state index contributed by atoms with van der Waals surface area (Å²) in [5, 5.41) is 11.0. The SMILES string of the molecule is COC(=O)CCC(C(=O)c1cccc(OCc2cccc([N+](=O)[O-])c2)c1)c1ccccc1C. The van der Waals surface area contributed by atoms with E-state index in [0.29, 0.717) is 23.3 Å². The van der Waals surface area contributed by atoms with Crippen molar-refractivity contribution in [1.82, 2.24) is 0 Å². The fraction of sp³-hybridized carbons (Fsp3) is 0.231. The van der Waals surface area contributed by atoms with Crippen molar-refractivity contribution in [1.29, 1.82) is 0 Å². The maximum atomic E-state index is 13.5. The summed E-state index contributed by atoms with van der Waals surface area (Å²) in [4.78, 5) is 35.7. The number of carbonyl (C=O) groups excluding carboxylic acids is 2. The highest BCUT2D eigenvalue weighted by Crippen LogP contribution is 2.30. The lowest BCUT2D eigenvalue weighted by molar-refractivity contribution is -0.384. The van der Waals surface area contributed by atoms with E-state index in [4.69, 9.17) is 9.47 Å². The first-order chi connectivity index (χ1) is 15.9. The van der Waals surface area contributed by atoms with E-state index in [1.807, 2.05) is 31.2 Å². The number of ether oxygens (including phenoxy) is 2. The molecule has 0 aliphatic rings. The molecule has 0 heterocycles. The first kappa shape index (κ1) is 23.7. The zero-order valence-electron chi connectivity index (χ0n) is 18.5. The van der Waals surface area contributed by atoms with Gasteiger partial charge in [0.15, 0.2) is 5.78 Å². The minimum atomic E-state index is -0.502. The van der Waals surface area contributed by atoms with Gasteiger partial charge in [-0.15, -0.1) is 0 Å². The van der Waals surface area contributed by atoms with Crippen molar-refractivity contribution in [2.75, 3.05) is 7.11 Å². The van der Waals surface area contributed by atoms with Crippen LogP contribution in [0.2, 0.25) is 0 Å². The van der Waals surface area contributed by atoms with Gasteiger partial charge in [0.2, 0.25) is 0 Å². The molecule has 0 saturated heterocycles. The van der Waals surface area contributed by atoms with Crippen LogP contribution in [0.1, 0.15) is 45.8 Å². The van der Waals surface area contributed by atoms with Crippen LogP contribution in [0.5, 0.6) is 5.75 Å². The summed E-state index contributed by atoms with van der Waals surface area (Å²) in [7, 11) is 1.33. The summed E-state index contributed by atoms with van der Waals surface area (Å²) in [6.45, 7) is 2.06. The Morgan fingerprint density at radius 1 is 1.00 bits per heavy atom. The topological polar surface area (TPSA) is 95.7 Å². The molecule has 7 heteroatoms. The molecule has 1 atom stereocenters. The summed E-state index contributed by atoms with van der Waals surface area (Å²) in [6, 6.07) is 20.7. The number of ketones is 1. The maximum absolute atomic E-state index is 13.5. The molecule has 0 aliphatic heterocycles. The molecule has 0 N–H and O–H groups in total. The Hall–Kier alpha value is -4.00. The molecule has 7 nitrogen and oxygen atoms in total. The molecule has 3 aromatic carbocycles. The van der Waals surface area contributed by atoms with Crippen molar-refractivity contribution in [2.45, 2.75) is 32.3 Å². The highest BCUT2D eigenvalue weighted by molar-refractivity contribution is 6.01. The van der Waals surface area contributed by atoms with E-state index in [9.17, 15) is 19.7 Å². The summed E-state index contributed by atoms with van der Waals surface area (Å²) >= 11 is 0. The third-order valence-corrected chi connectivity index (χ3v) is 5.39. The number of hydrogen-bond donors (Lipinski definition) is 0. The second-order valence-corrected chi connectivity index (χ2v) is 7.63. The Balaban J connectivity index is 1.80. The first-order valence-corrected chi connectivity index (χ1v) is 10.5. The number of nitrogens with zero attached hydrogens (tertiary/aromatic N) is 1. The molecule has 0 aromatic heterocycles. The van der Waals surface area contributed by atoms with Crippen LogP contribution in [0.15, 0.2) is 72.8 Å². The molecular formula is C26H25NO6. The molecule has 0 saturated carbocycles. The van der Waals surface area contributed by atoms with Crippen LogP contribution in [-0.4, -0.2) is 23.8 Å². The highest BCUT2D eigenvalue weighted by Gasteiger charge is 2.25. The number of non-ortho nitro benzene ring substituents is 1. The number of Topliss-reactive ketones (excluding diaryl/α,β-unsaturated/α-hetero) is 1. The minimum Gasteiger partial charge on any atom is -0.489 e. The van der Waals surface area contributed by atoms with Gasteiger partial charge in [-0.05, 0) is 42.2 Å². The lowest BCUT2D eigenvalue weighted by Gasteiger charge is -2.18. The van der Waals surface area contributed by atoms with Crippen molar-refractivity contribution < 1.29 is 24.0 Å². The number of hydrogen-bond acceptors (Lipinski definition) is 6. The van der Waals surface area contributed by atoms with Crippen LogP contribution in [0, 0.1) is 17.0 Å². The van der Waals surface area contributed by atoms with Crippen molar-refractivity contribution in [2.24, 2.45) is 0 Å². The van der Waals surface area contributed by atoms with Crippen LogP contribution in [0.25, 0.3) is 0 Å². The predicted molar refractivity (Wildman–Crippen MR) is 123 cm³/mol. The highest BCUT2D eigenvalue weighted by atomic mass is 16.6. The standard InChI is InChI=1S/C26H25NO6/c1-18-7-3-4-12-23(18)24(13-14-25(28)32-2)26(29)20-9-6-11-22(16-20)33-17-19-8-5-10-21(15-19)27(30)31/h3-12,15-16,24H,13-14,17H2,1-2H3. The van der Waals surface area contributed by atoms with Gasteiger partial charge in [0.25, 0.3) is 5.69 Å². The van der Waals surface area contributed by atoms with Crippen molar-refractivity contribution in [3.05, 3.63) is 105 Å². The second-order valence-electron chi connectivity index (χ2n) is 7.63. The molecule has 0 amide bonds. The fourth-order valence-corrected chi connectivity index (χ4v) is 3.64. The van der Waals surface area contributed by atoms with Gasteiger partial charge in [-0.25, -0.2) is 0 Å². The maximum Gasteiger partial charge on any atom is 0.305 e. The molecule has 1 unspecified atom stereocenters. The third kappa shape index (κ3) is 6.26. The van der Waals surface area contributed by atoms with Gasteiger partial charge in [0.1, 0.15) is 12.4 Å². The summed E-state index contributed by atoms with van der Waals surface area (Å²) in [5.41, 5.74) is 2.95. The summed E-state index contributed by atoms with van der Waals surface area (Å²) < 4.78 is 10.5. The molecule has 3 aromatic rings. The number of nitro benzene ring substituents is 1. The lowest BCUT2D eigenvalue weighted by atomic mass is 9.85. The monoisotopic (exact) mass is 447 g/mol. The van der Waals surface area contributed by atoms with Crippen LogP contribution in [0.4, 0.5) is 5.69 Å². The van der Waals surface area contributed by atoms with Crippen LogP contribution >= 0.6 is 0 Å². The average Bonchev–Trinajstić information content (AvgIpc) is 2.83. The second kappa shape index (κ2) is 11.0. The van der Waals surface area contributed by atoms with Crippen molar-refractivity contribution >= 4 is 17.4 Å². The molecule has 170 valence electrons. The normalized spacial score (nSPS) is 11.5. The molecule has 0 fully saturated rings. The molecule has 33 heavy (non-hydrogen) atoms. The summed E-state index contributed by atoms with van der Waals surface area (Å²) in [5.74, 6) is -0.509. The molecule has 0 radical (unpaired) electrons. The molecule has 0 bridgehead atoms. The van der Waals surface area contributed by atoms with Gasteiger partial charge in [0.05, 0.1) is 12.0 Å². The molecule has 0 aliphatic carbocycles. The van der Waals surface area contributed by atoms with E-state index in [1.165, 1.54) is 19.2 Å². The van der Waals surface area contributed by atoms with E-state index < -0.39 is 10.8 Å². The van der Waals surface area contributed by atoms with Gasteiger partial charge in [-0.2, -0.15) is 0 Å². The molecule has 0 spiro atoms. The Kier molecular flexibility index (Phi) is 7.91. The zero-order valence-corrected chi connectivity index (χ0v) is 18.5. The van der Waals surface area contributed by atoms with Crippen molar-refractivity contribution in [3.63, 3.8) is 0 Å².